The van der Waals surface area contributed by atoms with E-state index in [9.17, 15) is 14.4 Å². The highest BCUT2D eigenvalue weighted by atomic mass is 79.9. The van der Waals surface area contributed by atoms with Crippen LogP contribution in [0.5, 0.6) is 11.5 Å². The predicted molar refractivity (Wildman–Crippen MR) is 105 cm³/mol. The van der Waals surface area contributed by atoms with Gasteiger partial charge in [0.25, 0.3) is 11.5 Å². The first-order valence-corrected chi connectivity index (χ1v) is 9.08. The number of H-pyrrole nitrogens is 1. The summed E-state index contributed by atoms with van der Waals surface area (Å²) in [7, 11) is 0. The maximum Gasteiger partial charge on any atom is 0.328 e. The standard InChI is InChI=1S/C19H14BrN3O5/c20-12-2-1-3-13(7-12)22-17(24)14-8-21-19(26)23(18(14)25)9-11-4-5-15-16(6-11)28-10-27-15/h1-8H,9-10H2,(H,21,26)(H,22,24). The molecule has 0 saturated heterocycles. The minimum atomic E-state index is -0.686. The molecule has 2 N–H and O–H groups in total. The van der Waals surface area contributed by atoms with Crippen molar-refractivity contribution in [1.29, 1.82) is 0 Å². The van der Waals surface area contributed by atoms with E-state index < -0.39 is 17.2 Å². The van der Waals surface area contributed by atoms with E-state index in [1.54, 1.807) is 36.4 Å². The van der Waals surface area contributed by atoms with Crippen molar-refractivity contribution < 1.29 is 14.3 Å². The van der Waals surface area contributed by atoms with Crippen molar-refractivity contribution in [3.05, 3.63) is 85.1 Å². The third kappa shape index (κ3) is 3.56. The molecule has 0 atom stereocenters. The van der Waals surface area contributed by atoms with E-state index in [1.807, 2.05) is 6.07 Å². The predicted octanol–water partition coefficient (Wildman–Crippen LogP) is 2.33. The summed E-state index contributed by atoms with van der Waals surface area (Å²) in [6, 6.07) is 12.1. The van der Waals surface area contributed by atoms with Crippen LogP contribution in [-0.4, -0.2) is 22.3 Å². The van der Waals surface area contributed by atoms with Gasteiger partial charge in [0.15, 0.2) is 11.5 Å². The number of hydrogen-bond donors (Lipinski definition) is 2. The number of carbonyl (C=O) groups excluding carboxylic acids is 1. The molecule has 2 aromatic carbocycles. The third-order valence-corrected chi connectivity index (χ3v) is 4.66. The average Bonchev–Trinajstić information content (AvgIpc) is 3.13. The van der Waals surface area contributed by atoms with E-state index >= 15 is 0 Å². The van der Waals surface area contributed by atoms with Crippen molar-refractivity contribution in [2.75, 3.05) is 12.1 Å². The highest BCUT2D eigenvalue weighted by Crippen LogP contribution is 2.32. The fraction of sp³-hybridized carbons (Fsp3) is 0.105. The van der Waals surface area contributed by atoms with Crippen molar-refractivity contribution in [2.24, 2.45) is 0 Å². The van der Waals surface area contributed by atoms with E-state index in [0.29, 0.717) is 22.7 Å². The van der Waals surface area contributed by atoms with Crippen LogP contribution in [-0.2, 0) is 6.54 Å². The van der Waals surface area contributed by atoms with Gasteiger partial charge in [-0.2, -0.15) is 0 Å². The highest BCUT2D eigenvalue weighted by Gasteiger charge is 2.17. The molecule has 0 unspecified atom stereocenters. The smallest absolute Gasteiger partial charge is 0.328 e. The second-order valence-corrected chi connectivity index (χ2v) is 6.97. The lowest BCUT2D eigenvalue weighted by Crippen LogP contribution is -2.39. The third-order valence-electron chi connectivity index (χ3n) is 4.17. The van der Waals surface area contributed by atoms with Gasteiger partial charge in [-0.1, -0.05) is 28.1 Å². The lowest BCUT2D eigenvalue weighted by Gasteiger charge is -2.09. The summed E-state index contributed by atoms with van der Waals surface area (Å²) < 4.78 is 12.3. The van der Waals surface area contributed by atoms with Crippen molar-refractivity contribution in [2.45, 2.75) is 6.54 Å². The summed E-state index contributed by atoms with van der Waals surface area (Å²) in [5.41, 5.74) is -0.274. The molecule has 28 heavy (non-hydrogen) atoms. The molecule has 4 rings (SSSR count). The van der Waals surface area contributed by atoms with Gasteiger partial charge in [-0.25, -0.2) is 4.79 Å². The Labute approximate surface area is 166 Å². The van der Waals surface area contributed by atoms with Gasteiger partial charge in [0, 0.05) is 16.4 Å². The Morgan fingerprint density at radius 2 is 1.96 bits per heavy atom. The first kappa shape index (κ1) is 18.1. The van der Waals surface area contributed by atoms with E-state index in [2.05, 4.69) is 26.2 Å². The number of fused-ring (bicyclic) bond motifs is 1. The number of anilines is 1. The van der Waals surface area contributed by atoms with E-state index in [4.69, 9.17) is 9.47 Å². The summed E-state index contributed by atoms with van der Waals surface area (Å²) in [5.74, 6) is 0.538. The highest BCUT2D eigenvalue weighted by molar-refractivity contribution is 9.10. The molecule has 1 aliphatic rings. The zero-order valence-electron chi connectivity index (χ0n) is 14.4. The lowest BCUT2D eigenvalue weighted by atomic mass is 10.2. The molecule has 2 heterocycles. The molecule has 142 valence electrons. The molecule has 1 aliphatic heterocycles. The van der Waals surface area contributed by atoms with E-state index in [1.165, 1.54) is 0 Å². The number of hydrogen-bond acceptors (Lipinski definition) is 5. The van der Waals surface area contributed by atoms with Crippen LogP contribution in [0.15, 0.2) is 62.7 Å². The molecule has 0 bridgehead atoms. The van der Waals surface area contributed by atoms with Gasteiger partial charge in [0.2, 0.25) is 6.79 Å². The molecule has 3 aromatic rings. The first-order chi connectivity index (χ1) is 13.5. The Kier molecular flexibility index (Phi) is 4.74. The number of benzene rings is 2. The Bertz CT molecular complexity index is 1180. The summed E-state index contributed by atoms with van der Waals surface area (Å²) in [4.78, 5) is 39.9. The topological polar surface area (TPSA) is 102 Å². The zero-order chi connectivity index (χ0) is 19.7. The number of nitrogens with one attached hydrogen (secondary N) is 2. The van der Waals surface area contributed by atoms with Crippen molar-refractivity contribution in [1.82, 2.24) is 9.55 Å². The van der Waals surface area contributed by atoms with Crippen LogP contribution in [0, 0.1) is 0 Å². The fourth-order valence-corrected chi connectivity index (χ4v) is 3.20. The van der Waals surface area contributed by atoms with Crippen LogP contribution in [0.3, 0.4) is 0 Å². The molecule has 0 fully saturated rings. The number of aromatic amines is 1. The number of rotatable bonds is 4. The van der Waals surface area contributed by atoms with E-state index in [-0.39, 0.29) is 18.9 Å². The summed E-state index contributed by atoms with van der Waals surface area (Å²) >= 11 is 3.32. The average molecular weight is 444 g/mol. The minimum absolute atomic E-state index is 0.0111. The molecular weight excluding hydrogens is 430 g/mol. The molecule has 0 spiro atoms. The van der Waals surface area contributed by atoms with Gasteiger partial charge in [-0.15, -0.1) is 0 Å². The maximum absolute atomic E-state index is 12.7. The number of halogens is 1. The molecule has 1 aromatic heterocycles. The number of amides is 1. The van der Waals surface area contributed by atoms with Crippen molar-refractivity contribution in [3.8, 4) is 11.5 Å². The van der Waals surface area contributed by atoms with Gasteiger partial charge in [-0.05, 0) is 35.9 Å². The van der Waals surface area contributed by atoms with Gasteiger partial charge in [0.1, 0.15) is 5.56 Å². The van der Waals surface area contributed by atoms with Crippen LogP contribution in [0.4, 0.5) is 5.69 Å². The fourth-order valence-electron chi connectivity index (χ4n) is 2.80. The molecule has 9 heteroatoms. The monoisotopic (exact) mass is 443 g/mol. The number of aromatic nitrogens is 2. The SMILES string of the molecule is O=C(Nc1cccc(Br)c1)c1c[nH]c(=O)n(Cc2ccc3c(c2)OCO3)c1=O. The molecule has 0 radical (unpaired) electrons. The lowest BCUT2D eigenvalue weighted by molar-refractivity contribution is 0.102. The molecule has 8 nitrogen and oxygen atoms in total. The van der Waals surface area contributed by atoms with Crippen molar-refractivity contribution in [3.63, 3.8) is 0 Å². The van der Waals surface area contributed by atoms with Crippen molar-refractivity contribution >= 4 is 27.5 Å². The van der Waals surface area contributed by atoms with E-state index in [0.717, 1.165) is 15.2 Å². The van der Waals surface area contributed by atoms with Crippen LogP contribution in [0.2, 0.25) is 0 Å². The maximum atomic E-state index is 12.7. The normalized spacial score (nSPS) is 12.0. The Morgan fingerprint density at radius 3 is 2.79 bits per heavy atom. The minimum Gasteiger partial charge on any atom is -0.454 e. The summed E-state index contributed by atoms with van der Waals surface area (Å²) in [6.45, 7) is 0.118. The Balaban J connectivity index is 1.63. The van der Waals surface area contributed by atoms with Crippen LogP contribution >= 0.6 is 15.9 Å². The second kappa shape index (κ2) is 7.35. The Hall–Kier alpha value is -3.33. The molecule has 0 saturated carbocycles. The Morgan fingerprint density at radius 1 is 1.14 bits per heavy atom. The van der Waals surface area contributed by atoms with Gasteiger partial charge in [-0.3, -0.25) is 14.2 Å². The van der Waals surface area contributed by atoms with Crippen LogP contribution < -0.4 is 26.0 Å². The summed E-state index contributed by atoms with van der Waals surface area (Å²) in [6.07, 6.45) is 1.12. The zero-order valence-corrected chi connectivity index (χ0v) is 16.0. The summed E-state index contributed by atoms with van der Waals surface area (Å²) in [5, 5.41) is 2.64. The van der Waals surface area contributed by atoms with Gasteiger partial charge < -0.3 is 19.8 Å². The largest absolute Gasteiger partial charge is 0.454 e. The number of ether oxygens (including phenoxy) is 2. The first-order valence-electron chi connectivity index (χ1n) is 8.29. The van der Waals surface area contributed by atoms with Crippen LogP contribution in [0.25, 0.3) is 0 Å². The molecule has 0 aliphatic carbocycles. The van der Waals surface area contributed by atoms with Crippen LogP contribution in [0.1, 0.15) is 15.9 Å². The van der Waals surface area contributed by atoms with Gasteiger partial charge >= 0.3 is 5.69 Å². The molecular formula is C19H14BrN3O5. The van der Waals surface area contributed by atoms with Gasteiger partial charge in [0.05, 0.1) is 6.54 Å². The molecule has 1 amide bonds. The number of carbonyl (C=O) groups is 1. The quantitative estimate of drug-likeness (QED) is 0.643. The second-order valence-electron chi connectivity index (χ2n) is 6.05. The number of nitrogens with zero attached hydrogens (tertiary/aromatic N) is 1.